The van der Waals surface area contributed by atoms with Gasteiger partial charge in [-0.15, -0.1) is 0 Å². The molecule has 2 bridgehead atoms. The third kappa shape index (κ3) is 2.00. The van der Waals surface area contributed by atoms with E-state index in [1.165, 1.54) is 18.3 Å². The van der Waals surface area contributed by atoms with Gasteiger partial charge in [0.25, 0.3) is 0 Å². The summed E-state index contributed by atoms with van der Waals surface area (Å²) in [6.45, 7) is 0. The van der Waals surface area contributed by atoms with E-state index in [0.29, 0.717) is 12.8 Å². The van der Waals surface area contributed by atoms with Crippen molar-refractivity contribution in [2.45, 2.75) is 36.2 Å². The number of aromatic nitrogens is 1. The highest BCUT2D eigenvalue weighted by Gasteiger charge is 2.43. The Morgan fingerprint density at radius 2 is 2.00 bits per heavy atom. The monoisotopic (exact) mass is 267 g/mol. The summed E-state index contributed by atoms with van der Waals surface area (Å²) in [6.07, 6.45) is 4.56. The standard InChI is InChI=1S/C13H14FNO2S/c14-9-3-4-15-12(7-9)13(16)8-5-10-1-2-11(6-8)18(10)17/h3-4,7-8,10-11H,1-2,5-6H2. The van der Waals surface area contributed by atoms with Crippen LogP contribution in [0.15, 0.2) is 18.3 Å². The second-order valence-corrected chi connectivity index (χ2v) is 7.03. The summed E-state index contributed by atoms with van der Waals surface area (Å²) >= 11 is 0. The molecule has 5 heteroatoms. The second-order valence-electron chi connectivity index (χ2n) is 5.04. The zero-order valence-corrected chi connectivity index (χ0v) is 10.7. The molecule has 3 nitrogen and oxygen atoms in total. The first kappa shape index (κ1) is 12.0. The zero-order valence-electron chi connectivity index (χ0n) is 9.84. The molecule has 0 aliphatic carbocycles. The third-order valence-corrected chi connectivity index (χ3v) is 6.08. The lowest BCUT2D eigenvalue weighted by Gasteiger charge is -2.25. The fraction of sp³-hybridized carbons (Fsp3) is 0.538. The van der Waals surface area contributed by atoms with Gasteiger partial charge >= 0.3 is 0 Å². The van der Waals surface area contributed by atoms with Gasteiger partial charge in [-0.25, -0.2) is 4.39 Å². The van der Waals surface area contributed by atoms with Crippen molar-refractivity contribution in [3.05, 3.63) is 29.8 Å². The molecule has 1 aromatic rings. The third-order valence-electron chi connectivity index (χ3n) is 3.91. The van der Waals surface area contributed by atoms with Gasteiger partial charge in [0.05, 0.1) is 0 Å². The molecular weight excluding hydrogens is 253 g/mol. The first-order chi connectivity index (χ1) is 8.65. The molecule has 2 unspecified atom stereocenters. The fourth-order valence-electron chi connectivity index (χ4n) is 3.00. The van der Waals surface area contributed by atoms with Crippen LogP contribution in [0.3, 0.4) is 0 Å². The van der Waals surface area contributed by atoms with E-state index in [-0.39, 0.29) is 27.9 Å². The number of halogens is 1. The van der Waals surface area contributed by atoms with Gasteiger partial charge in [-0.1, -0.05) is 0 Å². The lowest BCUT2D eigenvalue weighted by Crippen LogP contribution is -2.32. The summed E-state index contributed by atoms with van der Waals surface area (Å²) in [7, 11) is -0.763. The maximum absolute atomic E-state index is 13.1. The van der Waals surface area contributed by atoms with Crippen molar-refractivity contribution in [3.63, 3.8) is 0 Å². The van der Waals surface area contributed by atoms with Crippen LogP contribution >= 0.6 is 0 Å². The molecule has 18 heavy (non-hydrogen) atoms. The van der Waals surface area contributed by atoms with Gasteiger partial charge in [-0.3, -0.25) is 14.0 Å². The summed E-state index contributed by atoms with van der Waals surface area (Å²) in [5.41, 5.74) is 0.201. The number of ketones is 1. The highest BCUT2D eigenvalue weighted by Crippen LogP contribution is 2.39. The zero-order chi connectivity index (χ0) is 12.7. The molecule has 3 heterocycles. The number of nitrogens with zero attached hydrogens (tertiary/aromatic N) is 1. The minimum Gasteiger partial charge on any atom is -0.292 e. The number of hydrogen-bond acceptors (Lipinski definition) is 3. The summed E-state index contributed by atoms with van der Waals surface area (Å²) in [6, 6.07) is 2.42. The molecule has 3 rings (SSSR count). The Morgan fingerprint density at radius 3 is 2.61 bits per heavy atom. The van der Waals surface area contributed by atoms with Crippen molar-refractivity contribution in [2.24, 2.45) is 5.92 Å². The number of pyridine rings is 1. The molecule has 96 valence electrons. The lowest BCUT2D eigenvalue weighted by molar-refractivity contribution is 0.0900. The fourth-order valence-corrected chi connectivity index (χ4v) is 5.12. The van der Waals surface area contributed by atoms with E-state index >= 15 is 0 Å². The minimum absolute atomic E-state index is 0.0944. The van der Waals surface area contributed by atoms with Crippen molar-refractivity contribution < 1.29 is 13.4 Å². The normalized spacial score (nSPS) is 34.5. The van der Waals surface area contributed by atoms with Crippen molar-refractivity contribution in [3.8, 4) is 0 Å². The van der Waals surface area contributed by atoms with Gasteiger partial charge < -0.3 is 0 Å². The van der Waals surface area contributed by atoms with Gasteiger partial charge in [0.1, 0.15) is 11.5 Å². The highest BCUT2D eigenvalue weighted by atomic mass is 32.2. The van der Waals surface area contributed by atoms with Crippen LogP contribution in [0, 0.1) is 11.7 Å². The number of rotatable bonds is 2. The SMILES string of the molecule is O=C(c1cc(F)ccn1)C1CC2CCC(C1)S2=O. The smallest absolute Gasteiger partial charge is 0.184 e. The maximum Gasteiger partial charge on any atom is 0.184 e. The first-order valence-corrected chi connectivity index (χ1v) is 7.48. The molecule has 2 aliphatic heterocycles. The molecule has 2 saturated heterocycles. The van der Waals surface area contributed by atoms with Crippen LogP contribution in [-0.4, -0.2) is 25.5 Å². The number of carbonyl (C=O) groups excluding carboxylic acids is 1. The quantitative estimate of drug-likeness (QED) is 0.771. The van der Waals surface area contributed by atoms with Crippen LogP contribution in [0.5, 0.6) is 0 Å². The van der Waals surface area contributed by atoms with Crippen LogP contribution in [0.25, 0.3) is 0 Å². The minimum atomic E-state index is -0.763. The van der Waals surface area contributed by atoms with Crippen LogP contribution in [-0.2, 0) is 10.8 Å². The summed E-state index contributed by atoms with van der Waals surface area (Å²) in [4.78, 5) is 16.2. The molecule has 2 atom stereocenters. The predicted molar refractivity (Wildman–Crippen MR) is 66.2 cm³/mol. The van der Waals surface area contributed by atoms with E-state index in [4.69, 9.17) is 0 Å². The molecular formula is C13H14FNO2S. The van der Waals surface area contributed by atoms with Gasteiger partial charge in [0.2, 0.25) is 0 Å². The molecule has 0 saturated carbocycles. The van der Waals surface area contributed by atoms with Gasteiger partial charge in [-0.05, 0) is 31.7 Å². The van der Waals surface area contributed by atoms with E-state index in [0.717, 1.165) is 12.8 Å². The van der Waals surface area contributed by atoms with E-state index < -0.39 is 16.6 Å². The van der Waals surface area contributed by atoms with Crippen LogP contribution in [0.1, 0.15) is 36.2 Å². The van der Waals surface area contributed by atoms with Gasteiger partial charge in [-0.2, -0.15) is 0 Å². The Morgan fingerprint density at radius 1 is 1.33 bits per heavy atom. The average molecular weight is 267 g/mol. The summed E-state index contributed by atoms with van der Waals surface area (Å²) in [5.74, 6) is -0.659. The molecule has 0 N–H and O–H groups in total. The van der Waals surface area contributed by atoms with Crippen LogP contribution in [0.4, 0.5) is 4.39 Å². The topological polar surface area (TPSA) is 47.0 Å². The molecule has 0 radical (unpaired) electrons. The Kier molecular flexibility index (Phi) is 3.01. The van der Waals surface area contributed by atoms with Crippen LogP contribution < -0.4 is 0 Å². The van der Waals surface area contributed by atoms with E-state index in [2.05, 4.69) is 4.98 Å². The van der Waals surface area contributed by atoms with Crippen molar-refractivity contribution in [1.29, 1.82) is 0 Å². The number of hydrogen-bond donors (Lipinski definition) is 0. The highest BCUT2D eigenvalue weighted by molar-refractivity contribution is 7.86. The van der Waals surface area contributed by atoms with Crippen molar-refractivity contribution in [2.75, 3.05) is 0 Å². The average Bonchev–Trinajstić information content (AvgIpc) is 2.61. The Bertz CT molecular complexity index is 503. The largest absolute Gasteiger partial charge is 0.292 e. The predicted octanol–water partition coefficient (Wildman–Crippen LogP) is 2.09. The number of carbonyl (C=O) groups is 1. The maximum atomic E-state index is 13.1. The molecule has 0 amide bonds. The van der Waals surface area contributed by atoms with Crippen molar-refractivity contribution in [1.82, 2.24) is 4.98 Å². The van der Waals surface area contributed by atoms with Gasteiger partial charge in [0, 0.05) is 39.5 Å². The Labute approximate surface area is 107 Å². The van der Waals surface area contributed by atoms with E-state index in [1.807, 2.05) is 0 Å². The second kappa shape index (κ2) is 4.53. The van der Waals surface area contributed by atoms with E-state index in [1.54, 1.807) is 0 Å². The molecule has 1 aromatic heterocycles. The number of Topliss-reactive ketones (excluding diaryl/α,β-unsaturated/α-hetero) is 1. The van der Waals surface area contributed by atoms with E-state index in [9.17, 15) is 13.4 Å². The Balaban J connectivity index is 1.80. The number of fused-ring (bicyclic) bond motifs is 2. The molecule has 2 fully saturated rings. The Hall–Kier alpha value is -1.10. The molecule has 0 spiro atoms. The lowest BCUT2D eigenvalue weighted by atomic mass is 9.92. The van der Waals surface area contributed by atoms with Crippen LogP contribution in [0.2, 0.25) is 0 Å². The van der Waals surface area contributed by atoms with Crippen molar-refractivity contribution >= 4 is 16.6 Å². The summed E-state index contributed by atoms with van der Waals surface area (Å²) in [5, 5.41) is 0.317. The summed E-state index contributed by atoms with van der Waals surface area (Å²) < 4.78 is 25.0. The first-order valence-electron chi connectivity index (χ1n) is 6.20. The van der Waals surface area contributed by atoms with Gasteiger partial charge in [0.15, 0.2) is 5.78 Å². The molecule has 2 aliphatic rings. The molecule has 0 aromatic carbocycles.